The Hall–Kier alpha value is -0.880. The van der Waals surface area contributed by atoms with Gasteiger partial charge in [-0.05, 0) is 13.3 Å². The van der Waals surface area contributed by atoms with E-state index in [9.17, 15) is 13.2 Å². The van der Waals surface area contributed by atoms with Gasteiger partial charge in [0.05, 0.1) is 5.75 Å². The normalized spacial score (nSPS) is 13.2. The highest BCUT2D eigenvalue weighted by molar-refractivity contribution is 7.85. The van der Waals surface area contributed by atoms with Gasteiger partial charge in [0.15, 0.2) is 0 Å². The number of amides is 1. The summed E-state index contributed by atoms with van der Waals surface area (Å²) in [6, 6.07) is -0.505. The van der Waals surface area contributed by atoms with Crippen LogP contribution in [0.1, 0.15) is 33.1 Å². The molecule has 1 N–H and O–H groups in total. The molecule has 0 heterocycles. The van der Waals surface area contributed by atoms with Crippen LogP contribution >= 0.6 is 0 Å². The summed E-state index contributed by atoms with van der Waals surface area (Å²) < 4.78 is 30.7. The fourth-order valence-corrected chi connectivity index (χ4v) is 2.42. The Bertz CT molecular complexity index is 375. The van der Waals surface area contributed by atoms with E-state index >= 15 is 0 Å². The SMILES string of the molecule is C=C(C)C(=O)N(C)C(CCCC)CS(=O)(=O)O. The molecule has 0 aliphatic heterocycles. The predicted molar refractivity (Wildman–Crippen MR) is 67.3 cm³/mol. The van der Waals surface area contributed by atoms with E-state index in [0.29, 0.717) is 12.0 Å². The fourth-order valence-electron chi connectivity index (χ4n) is 1.54. The average molecular weight is 263 g/mol. The predicted octanol–water partition coefficient (Wildman–Crippen LogP) is 1.47. The molecule has 6 heteroatoms. The van der Waals surface area contributed by atoms with E-state index in [1.54, 1.807) is 6.92 Å². The minimum Gasteiger partial charge on any atom is -0.338 e. The molecule has 1 atom stereocenters. The summed E-state index contributed by atoms with van der Waals surface area (Å²) in [5.41, 5.74) is 0.351. The maximum atomic E-state index is 11.7. The van der Waals surface area contributed by atoms with E-state index in [2.05, 4.69) is 6.58 Å². The molecule has 0 saturated carbocycles. The van der Waals surface area contributed by atoms with Crippen molar-refractivity contribution in [2.45, 2.75) is 39.2 Å². The Morgan fingerprint density at radius 1 is 1.47 bits per heavy atom. The van der Waals surface area contributed by atoms with Crippen LogP contribution in [0.3, 0.4) is 0 Å². The number of hydrogen-bond acceptors (Lipinski definition) is 3. The molecule has 100 valence electrons. The van der Waals surface area contributed by atoms with Gasteiger partial charge in [-0.1, -0.05) is 26.3 Å². The van der Waals surface area contributed by atoms with Crippen LogP contribution < -0.4 is 0 Å². The van der Waals surface area contributed by atoms with Crippen LogP contribution in [0.5, 0.6) is 0 Å². The molecule has 0 aromatic carbocycles. The van der Waals surface area contributed by atoms with E-state index in [0.717, 1.165) is 12.8 Å². The minimum atomic E-state index is -4.08. The highest BCUT2D eigenvalue weighted by Gasteiger charge is 2.24. The molecule has 1 amide bonds. The topological polar surface area (TPSA) is 74.7 Å². The molecule has 0 aliphatic carbocycles. The van der Waals surface area contributed by atoms with Crippen LogP contribution in [0.4, 0.5) is 0 Å². The van der Waals surface area contributed by atoms with E-state index < -0.39 is 21.9 Å². The van der Waals surface area contributed by atoms with Gasteiger partial charge < -0.3 is 4.90 Å². The lowest BCUT2D eigenvalue weighted by atomic mass is 10.1. The maximum Gasteiger partial charge on any atom is 0.266 e. The highest BCUT2D eigenvalue weighted by Crippen LogP contribution is 2.12. The monoisotopic (exact) mass is 263 g/mol. The summed E-state index contributed by atoms with van der Waals surface area (Å²) in [6.07, 6.45) is 2.25. The molecule has 1 unspecified atom stereocenters. The van der Waals surface area contributed by atoms with Crippen molar-refractivity contribution >= 4 is 16.0 Å². The molecule has 0 spiro atoms. The van der Waals surface area contributed by atoms with Gasteiger partial charge in [-0.25, -0.2) is 0 Å². The summed E-state index contributed by atoms with van der Waals surface area (Å²) in [5.74, 6) is -0.725. The third-order valence-corrected chi connectivity index (χ3v) is 3.33. The number of carbonyl (C=O) groups is 1. The Balaban J connectivity index is 4.78. The van der Waals surface area contributed by atoms with Gasteiger partial charge in [-0.15, -0.1) is 0 Å². The van der Waals surface area contributed by atoms with Crippen molar-refractivity contribution < 1.29 is 17.8 Å². The van der Waals surface area contributed by atoms with Crippen molar-refractivity contribution in [3.05, 3.63) is 12.2 Å². The molecular weight excluding hydrogens is 242 g/mol. The van der Waals surface area contributed by atoms with Crippen molar-refractivity contribution in [2.75, 3.05) is 12.8 Å². The molecule has 5 nitrogen and oxygen atoms in total. The second-order valence-corrected chi connectivity index (χ2v) is 5.74. The van der Waals surface area contributed by atoms with Gasteiger partial charge >= 0.3 is 0 Å². The van der Waals surface area contributed by atoms with Crippen LogP contribution in [0, 0.1) is 0 Å². The highest BCUT2D eigenvalue weighted by atomic mass is 32.2. The number of rotatable bonds is 7. The van der Waals surface area contributed by atoms with Crippen LogP contribution in [-0.4, -0.2) is 42.6 Å². The van der Waals surface area contributed by atoms with Crippen LogP contribution in [-0.2, 0) is 14.9 Å². The summed E-state index contributed by atoms with van der Waals surface area (Å²) in [7, 11) is -2.55. The van der Waals surface area contributed by atoms with E-state index in [-0.39, 0.29) is 5.91 Å². The number of likely N-dealkylation sites (N-methyl/N-ethyl adjacent to an activating group) is 1. The minimum absolute atomic E-state index is 0.297. The fraction of sp³-hybridized carbons (Fsp3) is 0.727. The smallest absolute Gasteiger partial charge is 0.266 e. The second-order valence-electron chi connectivity index (χ2n) is 4.24. The van der Waals surface area contributed by atoms with Crippen LogP contribution in [0.2, 0.25) is 0 Å². The first-order chi connectivity index (χ1) is 7.69. The molecule has 17 heavy (non-hydrogen) atoms. The Morgan fingerprint density at radius 2 is 2.00 bits per heavy atom. The first kappa shape index (κ1) is 16.1. The van der Waals surface area contributed by atoms with Crippen molar-refractivity contribution in [1.29, 1.82) is 0 Å². The standard InChI is InChI=1S/C11H21NO4S/c1-5-6-7-10(8-17(14,15)16)12(4)11(13)9(2)3/h10H,2,5-8H2,1,3-4H3,(H,14,15,16). The molecular formula is C11H21NO4S. The molecule has 0 rings (SSSR count). The van der Waals surface area contributed by atoms with Crippen molar-refractivity contribution in [2.24, 2.45) is 0 Å². The Kier molecular flexibility index (Phi) is 6.41. The average Bonchev–Trinajstić information content (AvgIpc) is 2.20. The van der Waals surface area contributed by atoms with Crippen LogP contribution in [0.15, 0.2) is 12.2 Å². The Labute approximate surface area is 103 Å². The van der Waals surface area contributed by atoms with E-state index in [4.69, 9.17) is 4.55 Å². The van der Waals surface area contributed by atoms with Crippen molar-refractivity contribution in [3.63, 3.8) is 0 Å². The zero-order valence-corrected chi connectivity index (χ0v) is 11.5. The zero-order valence-electron chi connectivity index (χ0n) is 10.6. The molecule has 0 bridgehead atoms. The summed E-state index contributed by atoms with van der Waals surface area (Å²) in [4.78, 5) is 13.0. The van der Waals surface area contributed by atoms with E-state index in [1.807, 2.05) is 6.92 Å². The number of hydrogen-bond donors (Lipinski definition) is 1. The van der Waals surface area contributed by atoms with Gasteiger partial charge in [0.2, 0.25) is 5.91 Å². The van der Waals surface area contributed by atoms with Gasteiger partial charge in [-0.3, -0.25) is 9.35 Å². The van der Waals surface area contributed by atoms with Gasteiger partial charge in [0.1, 0.15) is 0 Å². The summed E-state index contributed by atoms with van der Waals surface area (Å²) in [5, 5.41) is 0. The van der Waals surface area contributed by atoms with E-state index in [1.165, 1.54) is 11.9 Å². The summed E-state index contributed by atoms with van der Waals surface area (Å²) >= 11 is 0. The van der Waals surface area contributed by atoms with Gasteiger partial charge in [0.25, 0.3) is 10.1 Å². The lowest BCUT2D eigenvalue weighted by Crippen LogP contribution is -2.41. The number of carbonyl (C=O) groups excluding carboxylic acids is 1. The van der Waals surface area contributed by atoms with Gasteiger partial charge in [0, 0.05) is 18.7 Å². The third kappa shape index (κ3) is 6.43. The number of unbranched alkanes of at least 4 members (excludes halogenated alkanes) is 1. The summed E-state index contributed by atoms with van der Waals surface area (Å²) in [6.45, 7) is 7.08. The number of nitrogens with zero attached hydrogens (tertiary/aromatic N) is 1. The second kappa shape index (κ2) is 6.76. The lowest BCUT2D eigenvalue weighted by Gasteiger charge is -2.27. The molecule has 0 aromatic heterocycles. The maximum absolute atomic E-state index is 11.7. The molecule has 0 aromatic rings. The first-order valence-corrected chi connectivity index (χ1v) is 7.17. The first-order valence-electron chi connectivity index (χ1n) is 5.56. The molecule has 0 aliphatic rings. The van der Waals surface area contributed by atoms with Crippen molar-refractivity contribution in [1.82, 2.24) is 4.90 Å². The van der Waals surface area contributed by atoms with Crippen LogP contribution in [0.25, 0.3) is 0 Å². The van der Waals surface area contributed by atoms with Gasteiger partial charge in [-0.2, -0.15) is 8.42 Å². The molecule has 0 fully saturated rings. The Morgan fingerprint density at radius 3 is 2.35 bits per heavy atom. The molecule has 0 radical (unpaired) electrons. The third-order valence-electron chi connectivity index (χ3n) is 2.53. The molecule has 0 saturated heterocycles. The largest absolute Gasteiger partial charge is 0.338 e. The van der Waals surface area contributed by atoms with Crippen molar-refractivity contribution in [3.8, 4) is 0 Å². The zero-order chi connectivity index (χ0) is 13.6. The quantitative estimate of drug-likeness (QED) is 0.557. The lowest BCUT2D eigenvalue weighted by molar-refractivity contribution is -0.127.